The number of ketones is 1. The molecule has 0 unspecified atom stereocenters. The molecule has 0 saturated heterocycles. The lowest BCUT2D eigenvalue weighted by atomic mass is 10.1. The van der Waals surface area contributed by atoms with Gasteiger partial charge < -0.3 is 4.74 Å². The third-order valence-electron chi connectivity index (χ3n) is 1.96. The maximum absolute atomic E-state index is 11.3. The maximum atomic E-state index is 11.3. The normalized spacial score (nSPS) is 11.2. The molecular formula is C10H13NO4S. The summed E-state index contributed by atoms with van der Waals surface area (Å²) in [4.78, 5) is 11.0. The van der Waals surface area contributed by atoms with Crippen LogP contribution in [0.4, 0.5) is 0 Å². The van der Waals surface area contributed by atoms with E-state index in [2.05, 4.69) is 0 Å². The van der Waals surface area contributed by atoms with Crippen molar-refractivity contribution < 1.29 is 17.9 Å². The predicted molar refractivity (Wildman–Crippen MR) is 59.0 cm³/mol. The average molecular weight is 243 g/mol. The summed E-state index contributed by atoms with van der Waals surface area (Å²) < 4.78 is 27.7. The van der Waals surface area contributed by atoms with Crippen LogP contribution in [0, 0.1) is 0 Å². The second-order valence-corrected chi connectivity index (χ2v) is 4.73. The van der Waals surface area contributed by atoms with Crippen LogP contribution in [0.1, 0.15) is 24.2 Å². The van der Waals surface area contributed by atoms with Crippen LogP contribution < -0.4 is 9.88 Å². The molecule has 0 aliphatic heterocycles. The minimum absolute atomic E-state index is 0.162. The van der Waals surface area contributed by atoms with Gasteiger partial charge in [-0.15, -0.1) is 0 Å². The molecule has 16 heavy (non-hydrogen) atoms. The van der Waals surface area contributed by atoms with Crippen molar-refractivity contribution in [1.82, 2.24) is 0 Å². The van der Waals surface area contributed by atoms with E-state index in [1.165, 1.54) is 25.1 Å². The zero-order chi connectivity index (χ0) is 12.3. The lowest BCUT2D eigenvalue weighted by molar-refractivity contribution is 0.101. The minimum atomic E-state index is -3.89. The molecule has 88 valence electrons. The Morgan fingerprint density at radius 1 is 1.44 bits per heavy atom. The highest BCUT2D eigenvalue weighted by Crippen LogP contribution is 2.24. The molecule has 0 atom stereocenters. The molecule has 0 bridgehead atoms. The number of Topliss-reactive ketones (excluding diaryl/α,β-unsaturated/α-hetero) is 1. The van der Waals surface area contributed by atoms with Crippen molar-refractivity contribution in [3.8, 4) is 5.75 Å². The second kappa shape index (κ2) is 4.63. The molecule has 0 heterocycles. The summed E-state index contributed by atoms with van der Waals surface area (Å²) >= 11 is 0. The third kappa shape index (κ3) is 2.80. The van der Waals surface area contributed by atoms with Gasteiger partial charge in [-0.05, 0) is 32.0 Å². The largest absolute Gasteiger partial charge is 0.492 e. The van der Waals surface area contributed by atoms with Crippen molar-refractivity contribution in [2.45, 2.75) is 18.7 Å². The summed E-state index contributed by atoms with van der Waals surface area (Å²) in [5, 5.41) is 5.04. The number of rotatable bonds is 4. The summed E-state index contributed by atoms with van der Waals surface area (Å²) in [7, 11) is -3.89. The molecule has 0 amide bonds. The summed E-state index contributed by atoms with van der Waals surface area (Å²) in [5.41, 5.74) is 0.285. The summed E-state index contributed by atoms with van der Waals surface area (Å²) in [6.45, 7) is 3.40. The molecule has 5 nitrogen and oxygen atoms in total. The van der Waals surface area contributed by atoms with E-state index in [4.69, 9.17) is 9.88 Å². The summed E-state index contributed by atoms with van der Waals surface area (Å²) in [6, 6.07) is 4.16. The van der Waals surface area contributed by atoms with Gasteiger partial charge in [-0.3, -0.25) is 4.79 Å². The van der Waals surface area contributed by atoms with Gasteiger partial charge in [-0.25, -0.2) is 13.6 Å². The Morgan fingerprint density at radius 2 is 2.06 bits per heavy atom. The topological polar surface area (TPSA) is 86.5 Å². The first-order chi connectivity index (χ1) is 7.36. The van der Waals surface area contributed by atoms with E-state index in [0.29, 0.717) is 6.61 Å². The average Bonchev–Trinajstić information content (AvgIpc) is 2.16. The fraction of sp³-hybridized carbons (Fsp3) is 0.300. The fourth-order valence-corrected chi connectivity index (χ4v) is 1.92. The van der Waals surface area contributed by atoms with E-state index < -0.39 is 10.0 Å². The van der Waals surface area contributed by atoms with Crippen LogP contribution in [0.3, 0.4) is 0 Å². The lowest BCUT2D eigenvalue weighted by Gasteiger charge is -2.09. The first-order valence-electron chi connectivity index (χ1n) is 4.67. The molecule has 0 aromatic heterocycles. The van der Waals surface area contributed by atoms with Crippen LogP contribution in [0.25, 0.3) is 0 Å². The summed E-state index contributed by atoms with van der Waals surface area (Å²) in [5.74, 6) is -0.0667. The predicted octanol–water partition coefficient (Wildman–Crippen LogP) is 0.935. The van der Waals surface area contributed by atoms with Crippen molar-refractivity contribution in [3.63, 3.8) is 0 Å². The number of benzene rings is 1. The smallest absolute Gasteiger partial charge is 0.241 e. The van der Waals surface area contributed by atoms with Gasteiger partial charge >= 0.3 is 0 Å². The first-order valence-corrected chi connectivity index (χ1v) is 6.21. The number of primary sulfonamides is 1. The van der Waals surface area contributed by atoms with Crippen molar-refractivity contribution >= 4 is 15.8 Å². The molecule has 6 heteroatoms. The first kappa shape index (κ1) is 12.7. The minimum Gasteiger partial charge on any atom is -0.492 e. The van der Waals surface area contributed by atoms with Crippen LogP contribution in [-0.2, 0) is 10.0 Å². The van der Waals surface area contributed by atoms with Gasteiger partial charge in [0.15, 0.2) is 5.78 Å². The SMILES string of the molecule is CCOc1ccc(C(C)=O)cc1S(N)(=O)=O. The highest BCUT2D eigenvalue weighted by Gasteiger charge is 2.16. The van der Waals surface area contributed by atoms with Gasteiger partial charge in [-0.2, -0.15) is 0 Å². The quantitative estimate of drug-likeness (QED) is 0.797. The van der Waals surface area contributed by atoms with Gasteiger partial charge in [0.2, 0.25) is 10.0 Å². The molecule has 0 radical (unpaired) electrons. The second-order valence-electron chi connectivity index (χ2n) is 3.20. The van der Waals surface area contributed by atoms with E-state index in [0.717, 1.165) is 0 Å². The number of hydrogen-bond acceptors (Lipinski definition) is 4. The number of hydrogen-bond donors (Lipinski definition) is 1. The number of nitrogens with two attached hydrogens (primary N) is 1. The van der Waals surface area contributed by atoms with E-state index in [-0.39, 0.29) is 22.0 Å². The molecule has 0 aliphatic rings. The molecule has 0 saturated carbocycles. The fourth-order valence-electron chi connectivity index (χ4n) is 1.22. The van der Waals surface area contributed by atoms with Crippen molar-refractivity contribution in [1.29, 1.82) is 0 Å². The van der Waals surface area contributed by atoms with Gasteiger partial charge in [0.1, 0.15) is 10.6 Å². The van der Waals surface area contributed by atoms with Gasteiger partial charge in [0, 0.05) is 5.56 Å². The van der Waals surface area contributed by atoms with E-state index in [9.17, 15) is 13.2 Å². The van der Waals surface area contributed by atoms with Crippen LogP contribution >= 0.6 is 0 Å². The van der Waals surface area contributed by atoms with Crippen LogP contribution in [-0.4, -0.2) is 20.8 Å². The van der Waals surface area contributed by atoms with Crippen LogP contribution in [0.2, 0.25) is 0 Å². The van der Waals surface area contributed by atoms with Crippen molar-refractivity contribution in [2.75, 3.05) is 6.61 Å². The Labute approximate surface area is 94.3 Å². The standard InChI is InChI=1S/C10H13NO4S/c1-3-15-9-5-4-8(7(2)12)6-10(9)16(11,13)14/h4-6H,3H2,1-2H3,(H2,11,13,14). The Kier molecular flexibility index (Phi) is 3.66. The van der Waals surface area contributed by atoms with Gasteiger partial charge in [0.25, 0.3) is 0 Å². The monoisotopic (exact) mass is 243 g/mol. The number of ether oxygens (including phenoxy) is 1. The Balaban J connectivity index is 3.39. The summed E-state index contributed by atoms with van der Waals surface area (Å²) in [6.07, 6.45) is 0. The number of sulfonamides is 1. The Morgan fingerprint density at radius 3 is 2.50 bits per heavy atom. The van der Waals surface area contributed by atoms with E-state index in [1.54, 1.807) is 6.92 Å². The zero-order valence-corrected chi connectivity index (χ0v) is 9.87. The van der Waals surface area contributed by atoms with Crippen molar-refractivity contribution in [2.24, 2.45) is 5.14 Å². The number of carbonyl (C=O) groups is 1. The molecule has 1 aromatic rings. The van der Waals surface area contributed by atoms with Crippen LogP contribution in [0.15, 0.2) is 23.1 Å². The van der Waals surface area contributed by atoms with Crippen LogP contribution in [0.5, 0.6) is 5.75 Å². The van der Waals surface area contributed by atoms with Crippen molar-refractivity contribution in [3.05, 3.63) is 23.8 Å². The molecule has 2 N–H and O–H groups in total. The number of carbonyl (C=O) groups excluding carboxylic acids is 1. The Hall–Kier alpha value is -1.40. The third-order valence-corrected chi connectivity index (χ3v) is 2.89. The highest BCUT2D eigenvalue weighted by atomic mass is 32.2. The molecule has 0 aliphatic carbocycles. The van der Waals surface area contributed by atoms with E-state index in [1.807, 2.05) is 0 Å². The molecule has 0 spiro atoms. The Bertz CT molecular complexity index is 508. The lowest BCUT2D eigenvalue weighted by Crippen LogP contribution is -2.14. The molecule has 1 rings (SSSR count). The van der Waals surface area contributed by atoms with Gasteiger partial charge in [-0.1, -0.05) is 0 Å². The van der Waals surface area contributed by atoms with Gasteiger partial charge in [0.05, 0.1) is 6.61 Å². The molecule has 1 aromatic carbocycles. The maximum Gasteiger partial charge on any atom is 0.241 e. The molecular weight excluding hydrogens is 230 g/mol. The zero-order valence-electron chi connectivity index (χ0n) is 9.06. The van der Waals surface area contributed by atoms with E-state index >= 15 is 0 Å². The molecule has 0 fully saturated rings. The highest BCUT2D eigenvalue weighted by molar-refractivity contribution is 7.89.